The second-order valence-corrected chi connectivity index (χ2v) is 6.44. The zero-order chi connectivity index (χ0) is 12.8. The molecule has 0 aliphatic carbocycles. The van der Waals surface area contributed by atoms with Crippen LogP contribution in [0.2, 0.25) is 0 Å². The van der Waals surface area contributed by atoms with E-state index in [1.54, 1.807) is 0 Å². The number of rotatable bonds is 1. The van der Waals surface area contributed by atoms with E-state index in [4.69, 9.17) is 4.99 Å². The van der Waals surface area contributed by atoms with E-state index in [1.165, 1.54) is 24.1 Å². The third kappa shape index (κ3) is 2.08. The number of hydrogen-bond acceptors (Lipinski definition) is 3. The molecule has 1 aromatic carbocycles. The summed E-state index contributed by atoms with van der Waals surface area (Å²) >= 11 is 3.54. The van der Waals surface area contributed by atoms with Crippen molar-refractivity contribution in [3.8, 4) is 0 Å². The minimum Gasteiger partial charge on any atom is -0.342 e. The predicted molar refractivity (Wildman–Crippen MR) is 79.3 cm³/mol. The lowest BCUT2D eigenvalue weighted by Gasteiger charge is -2.32. The molecule has 2 aliphatic heterocycles. The van der Waals surface area contributed by atoms with Gasteiger partial charge >= 0.3 is 0 Å². The van der Waals surface area contributed by atoms with Crippen molar-refractivity contribution in [2.24, 2.45) is 4.99 Å². The number of halogens is 1. The highest BCUT2D eigenvalue weighted by molar-refractivity contribution is 9.10. The minimum atomic E-state index is -0.152. The predicted octanol–water partition coefficient (Wildman–Crippen LogP) is 3.26. The average Bonchev–Trinajstić information content (AvgIpc) is 2.80. The second kappa shape index (κ2) is 4.35. The highest BCUT2D eigenvalue weighted by Gasteiger charge is 2.31. The molecule has 0 spiro atoms. The topological polar surface area (TPSA) is 36.4 Å². The number of fused-ring (bicyclic) bond motifs is 1. The van der Waals surface area contributed by atoms with Crippen molar-refractivity contribution in [2.75, 3.05) is 11.9 Å². The molecule has 0 amide bonds. The first kappa shape index (κ1) is 12.2. The molecule has 3 rings (SSSR count). The van der Waals surface area contributed by atoms with Gasteiger partial charge in [0.1, 0.15) is 5.84 Å². The average molecular weight is 308 g/mol. The van der Waals surface area contributed by atoms with Crippen molar-refractivity contribution in [3.63, 3.8) is 0 Å². The van der Waals surface area contributed by atoms with Crippen LogP contribution in [0.15, 0.2) is 27.7 Å². The molecule has 96 valence electrons. The lowest BCUT2D eigenvalue weighted by atomic mass is 9.91. The molecule has 0 bridgehead atoms. The fourth-order valence-corrected chi connectivity index (χ4v) is 3.12. The van der Waals surface area contributed by atoms with E-state index in [2.05, 4.69) is 58.6 Å². The quantitative estimate of drug-likeness (QED) is 0.835. The van der Waals surface area contributed by atoms with Gasteiger partial charge in [-0.1, -0.05) is 22.0 Å². The molecular weight excluding hydrogens is 290 g/mol. The first-order valence-corrected chi connectivity index (χ1v) is 7.26. The summed E-state index contributed by atoms with van der Waals surface area (Å²) in [4.78, 5) is 4.89. The summed E-state index contributed by atoms with van der Waals surface area (Å²) in [5, 5.41) is 7.00. The van der Waals surface area contributed by atoms with Gasteiger partial charge in [-0.15, -0.1) is 0 Å². The van der Waals surface area contributed by atoms with Crippen LogP contribution in [0.3, 0.4) is 0 Å². The summed E-state index contributed by atoms with van der Waals surface area (Å²) in [7, 11) is 0. The van der Waals surface area contributed by atoms with E-state index in [-0.39, 0.29) is 5.54 Å². The van der Waals surface area contributed by atoms with E-state index in [0.717, 1.165) is 16.9 Å². The van der Waals surface area contributed by atoms with E-state index >= 15 is 0 Å². The van der Waals surface area contributed by atoms with Crippen LogP contribution in [-0.2, 0) is 5.54 Å². The van der Waals surface area contributed by atoms with Gasteiger partial charge < -0.3 is 10.6 Å². The van der Waals surface area contributed by atoms with Crippen LogP contribution in [0.4, 0.5) is 5.69 Å². The molecule has 3 nitrogen and oxygen atoms in total. The number of anilines is 1. The molecule has 0 aromatic heterocycles. The number of aliphatic imine (C=N–C) groups is 1. The van der Waals surface area contributed by atoms with E-state index in [1.807, 2.05) is 0 Å². The standard InChI is InChI=1S/C14H18BrN3/c1-14(2)10-6-5-9(15)8-12(10)17-13(18-14)11-4-3-7-16-11/h5-6,8,11,16H,3-4,7H2,1-2H3,(H,17,18). The lowest BCUT2D eigenvalue weighted by Crippen LogP contribution is -2.40. The van der Waals surface area contributed by atoms with Crippen molar-refractivity contribution in [1.82, 2.24) is 5.32 Å². The summed E-state index contributed by atoms with van der Waals surface area (Å²) in [6, 6.07) is 6.75. The molecule has 1 saturated heterocycles. The normalized spacial score (nSPS) is 25.3. The number of benzene rings is 1. The first-order chi connectivity index (χ1) is 8.56. The summed E-state index contributed by atoms with van der Waals surface area (Å²) in [5.41, 5.74) is 2.28. The maximum atomic E-state index is 4.89. The van der Waals surface area contributed by atoms with Gasteiger partial charge in [0, 0.05) is 15.7 Å². The molecule has 0 radical (unpaired) electrons. The van der Waals surface area contributed by atoms with Gasteiger partial charge in [-0.25, -0.2) is 0 Å². The fourth-order valence-electron chi connectivity index (χ4n) is 2.76. The maximum Gasteiger partial charge on any atom is 0.119 e. The number of nitrogens with one attached hydrogen (secondary N) is 2. The van der Waals surface area contributed by atoms with Crippen LogP contribution in [0, 0.1) is 0 Å². The van der Waals surface area contributed by atoms with Crippen molar-refractivity contribution >= 4 is 27.5 Å². The lowest BCUT2D eigenvalue weighted by molar-refractivity contribution is 0.547. The third-order valence-corrected chi connectivity index (χ3v) is 4.19. The SMILES string of the molecule is CC1(C)N=C(C2CCCN2)Nc2cc(Br)ccc21. The second-order valence-electron chi connectivity index (χ2n) is 5.52. The molecule has 1 fully saturated rings. The van der Waals surface area contributed by atoms with Crippen LogP contribution in [0.5, 0.6) is 0 Å². The highest BCUT2D eigenvalue weighted by atomic mass is 79.9. The Balaban J connectivity index is 2.00. The van der Waals surface area contributed by atoms with Crippen molar-refractivity contribution < 1.29 is 0 Å². The Kier molecular flexibility index (Phi) is 2.94. The Bertz CT molecular complexity index is 502. The largest absolute Gasteiger partial charge is 0.342 e. The maximum absolute atomic E-state index is 4.89. The van der Waals surface area contributed by atoms with Crippen molar-refractivity contribution in [1.29, 1.82) is 0 Å². The molecule has 2 heterocycles. The van der Waals surface area contributed by atoms with E-state index in [9.17, 15) is 0 Å². The van der Waals surface area contributed by atoms with Crippen LogP contribution in [0.1, 0.15) is 32.3 Å². The van der Waals surface area contributed by atoms with Crippen molar-refractivity contribution in [3.05, 3.63) is 28.2 Å². The molecule has 2 N–H and O–H groups in total. The zero-order valence-corrected chi connectivity index (χ0v) is 12.3. The molecule has 1 aromatic rings. The van der Waals surface area contributed by atoms with Gasteiger partial charge in [-0.2, -0.15) is 0 Å². The van der Waals surface area contributed by atoms with Gasteiger partial charge in [0.15, 0.2) is 0 Å². The van der Waals surface area contributed by atoms with Crippen LogP contribution >= 0.6 is 15.9 Å². The fraction of sp³-hybridized carbons (Fsp3) is 0.500. The molecule has 0 saturated carbocycles. The minimum absolute atomic E-state index is 0.152. The van der Waals surface area contributed by atoms with Crippen LogP contribution in [-0.4, -0.2) is 18.4 Å². The number of amidine groups is 1. The van der Waals surface area contributed by atoms with Gasteiger partial charge in [0.25, 0.3) is 0 Å². The Labute approximate surface area is 116 Å². The van der Waals surface area contributed by atoms with E-state index in [0.29, 0.717) is 6.04 Å². The van der Waals surface area contributed by atoms with Gasteiger partial charge in [-0.3, -0.25) is 4.99 Å². The van der Waals surface area contributed by atoms with Gasteiger partial charge in [-0.05, 0) is 45.4 Å². The molecule has 2 aliphatic rings. The Morgan fingerprint density at radius 3 is 2.94 bits per heavy atom. The summed E-state index contributed by atoms with van der Waals surface area (Å²) in [6.45, 7) is 5.45. The summed E-state index contributed by atoms with van der Waals surface area (Å²) < 4.78 is 1.10. The van der Waals surface area contributed by atoms with E-state index < -0.39 is 0 Å². The molecule has 1 unspecified atom stereocenters. The van der Waals surface area contributed by atoms with Crippen LogP contribution < -0.4 is 10.6 Å². The number of hydrogen-bond donors (Lipinski definition) is 2. The molecule has 1 atom stereocenters. The highest BCUT2D eigenvalue weighted by Crippen LogP contribution is 2.37. The zero-order valence-electron chi connectivity index (χ0n) is 10.8. The smallest absolute Gasteiger partial charge is 0.119 e. The Morgan fingerprint density at radius 1 is 1.39 bits per heavy atom. The van der Waals surface area contributed by atoms with Gasteiger partial charge in [0.2, 0.25) is 0 Å². The summed E-state index contributed by atoms with van der Waals surface area (Å²) in [5.74, 6) is 1.09. The van der Waals surface area contributed by atoms with Gasteiger partial charge in [0.05, 0.1) is 11.6 Å². The Morgan fingerprint density at radius 2 is 2.22 bits per heavy atom. The monoisotopic (exact) mass is 307 g/mol. The third-order valence-electron chi connectivity index (χ3n) is 3.69. The molecule has 4 heteroatoms. The first-order valence-electron chi connectivity index (χ1n) is 6.46. The number of nitrogens with zero attached hydrogens (tertiary/aromatic N) is 1. The Hall–Kier alpha value is -0.870. The van der Waals surface area contributed by atoms with Crippen molar-refractivity contribution in [2.45, 2.75) is 38.3 Å². The molecular formula is C14H18BrN3. The molecule has 18 heavy (non-hydrogen) atoms. The van der Waals surface area contributed by atoms with Crippen LogP contribution in [0.25, 0.3) is 0 Å². The summed E-state index contributed by atoms with van der Waals surface area (Å²) in [6.07, 6.45) is 2.41.